The van der Waals surface area contributed by atoms with Crippen molar-refractivity contribution >= 4 is 41.5 Å². The van der Waals surface area contributed by atoms with Crippen LogP contribution in [0.5, 0.6) is 0 Å². The van der Waals surface area contributed by atoms with Gasteiger partial charge in [-0.05, 0) is 34.1 Å². The molecule has 134 valence electrons. The number of nitrogens with two attached hydrogens (primary N) is 1. The molecule has 0 aliphatic carbocycles. The van der Waals surface area contributed by atoms with Crippen LogP contribution in [0.15, 0.2) is 32.5 Å². The molecule has 0 spiro atoms. The molecule has 0 atom stereocenters. The fourth-order valence-corrected chi connectivity index (χ4v) is 4.04. The third-order valence-corrected chi connectivity index (χ3v) is 6.16. The Morgan fingerprint density at radius 3 is 2.38 bits per heavy atom. The number of nitriles is 1. The lowest BCUT2D eigenvalue weighted by Crippen LogP contribution is -2.16. The second-order valence-electron chi connectivity index (χ2n) is 6.42. The fourth-order valence-electron chi connectivity index (χ4n) is 1.89. The van der Waals surface area contributed by atoms with Crippen LogP contribution in [0.1, 0.15) is 11.1 Å². The van der Waals surface area contributed by atoms with Crippen LogP contribution in [0.25, 0.3) is 0 Å². The fraction of sp³-hybridized carbons (Fsp3) is 0.167. The first-order valence-electron chi connectivity index (χ1n) is 7.41. The molecule has 2 nitrogen and oxygen atoms in total. The molecule has 26 heavy (non-hydrogen) atoms. The Labute approximate surface area is 163 Å². The first kappa shape index (κ1) is 20.4. The Morgan fingerprint density at radius 1 is 1.15 bits per heavy atom. The van der Waals surface area contributed by atoms with E-state index >= 15 is 0 Å². The molecule has 0 saturated heterocycles. The number of hydrogen-bond acceptors (Lipinski definition) is 3. The zero-order chi connectivity index (χ0) is 19.6. The van der Waals surface area contributed by atoms with E-state index in [1.165, 1.54) is 12.1 Å². The van der Waals surface area contributed by atoms with Gasteiger partial charge in [-0.15, -0.1) is 5.54 Å². The van der Waals surface area contributed by atoms with Gasteiger partial charge in [0.25, 0.3) is 0 Å². The largest absolute Gasteiger partial charge is 0.395 e. The summed E-state index contributed by atoms with van der Waals surface area (Å²) in [7, 11) is -1.77. The van der Waals surface area contributed by atoms with E-state index in [2.05, 4.69) is 27.4 Å². The molecule has 2 N–H and O–H groups in total. The number of benzene rings is 2. The summed E-state index contributed by atoms with van der Waals surface area (Å²) in [5, 5.41) is 8.92. The van der Waals surface area contributed by atoms with Crippen LogP contribution >= 0.6 is 27.7 Å². The molecule has 0 unspecified atom stereocenters. The van der Waals surface area contributed by atoms with Crippen molar-refractivity contribution in [3.63, 3.8) is 0 Å². The number of halogens is 4. The molecule has 0 aliphatic heterocycles. The van der Waals surface area contributed by atoms with Crippen LogP contribution < -0.4 is 5.73 Å². The van der Waals surface area contributed by atoms with E-state index in [-0.39, 0.29) is 26.2 Å². The molecule has 0 bridgehead atoms. The maximum Gasteiger partial charge on any atom is 0.184 e. The summed E-state index contributed by atoms with van der Waals surface area (Å²) in [6.07, 6.45) is 0. The smallest absolute Gasteiger partial charge is 0.184 e. The highest BCUT2D eigenvalue weighted by molar-refractivity contribution is 9.10. The van der Waals surface area contributed by atoms with Gasteiger partial charge in [0, 0.05) is 4.90 Å². The maximum absolute atomic E-state index is 14.4. The Balaban J connectivity index is 2.61. The summed E-state index contributed by atoms with van der Waals surface area (Å²) in [6.45, 7) is 6.05. The molecule has 0 heterocycles. The molecule has 0 radical (unpaired) electrons. The maximum atomic E-state index is 14.4. The minimum atomic E-state index is -1.77. The average Bonchev–Trinajstić information content (AvgIpc) is 2.57. The van der Waals surface area contributed by atoms with E-state index in [9.17, 15) is 13.2 Å². The molecule has 2 rings (SSSR count). The Bertz CT molecular complexity index is 985. The highest BCUT2D eigenvalue weighted by Gasteiger charge is 2.22. The summed E-state index contributed by atoms with van der Waals surface area (Å²) in [4.78, 5) is 0.322. The zero-order valence-electron chi connectivity index (χ0n) is 14.2. The van der Waals surface area contributed by atoms with Crippen LogP contribution in [-0.4, -0.2) is 8.07 Å². The lowest BCUT2D eigenvalue weighted by molar-refractivity contribution is 0.493. The van der Waals surface area contributed by atoms with Crippen molar-refractivity contribution in [3.8, 4) is 17.5 Å². The van der Waals surface area contributed by atoms with Crippen molar-refractivity contribution in [3.05, 3.63) is 51.3 Å². The van der Waals surface area contributed by atoms with E-state index in [1.807, 2.05) is 19.6 Å². The minimum absolute atomic E-state index is 0.0629. The van der Waals surface area contributed by atoms with Crippen LogP contribution in [0.3, 0.4) is 0 Å². The quantitative estimate of drug-likeness (QED) is 0.274. The highest BCUT2D eigenvalue weighted by Crippen LogP contribution is 2.41. The summed E-state index contributed by atoms with van der Waals surface area (Å²) >= 11 is 4.12. The normalized spacial score (nSPS) is 10.8. The van der Waals surface area contributed by atoms with Gasteiger partial charge in [0.15, 0.2) is 11.6 Å². The van der Waals surface area contributed by atoms with Gasteiger partial charge in [-0.2, -0.15) is 5.26 Å². The first-order valence-corrected chi connectivity index (χ1v) is 12.5. The molecule has 0 amide bonds. The Kier molecular flexibility index (Phi) is 6.12. The van der Waals surface area contributed by atoms with Gasteiger partial charge in [-0.3, -0.25) is 0 Å². The van der Waals surface area contributed by atoms with Gasteiger partial charge in [0.1, 0.15) is 20.0 Å². The number of anilines is 1. The van der Waals surface area contributed by atoms with Gasteiger partial charge in [-0.1, -0.05) is 37.3 Å². The van der Waals surface area contributed by atoms with Crippen molar-refractivity contribution in [1.29, 1.82) is 5.26 Å². The molecule has 0 fully saturated rings. The molecule has 0 saturated carbocycles. The predicted molar refractivity (Wildman–Crippen MR) is 104 cm³/mol. The topological polar surface area (TPSA) is 49.8 Å². The monoisotopic (exact) mass is 454 g/mol. The summed E-state index contributed by atoms with van der Waals surface area (Å²) < 4.78 is 42.4. The minimum Gasteiger partial charge on any atom is -0.395 e. The lowest BCUT2D eigenvalue weighted by atomic mass is 10.2. The molecular weight excluding hydrogens is 441 g/mol. The van der Waals surface area contributed by atoms with Gasteiger partial charge in [0.05, 0.1) is 26.2 Å². The summed E-state index contributed by atoms with van der Waals surface area (Å²) in [5.74, 6) is -0.131. The average molecular weight is 455 g/mol. The molecule has 8 heteroatoms. The second kappa shape index (κ2) is 7.79. The van der Waals surface area contributed by atoms with E-state index in [0.717, 1.165) is 17.8 Å². The van der Waals surface area contributed by atoms with Crippen LogP contribution in [0.2, 0.25) is 19.6 Å². The van der Waals surface area contributed by atoms with Gasteiger partial charge >= 0.3 is 0 Å². The van der Waals surface area contributed by atoms with Crippen molar-refractivity contribution in [2.45, 2.75) is 29.4 Å². The second-order valence-corrected chi connectivity index (χ2v) is 13.0. The SMILES string of the molecule is C[Si](C)(C)C#Cc1c(N)c(F)c(F)c(Sc2ccc(F)c(C#N)c2)c1Br. The van der Waals surface area contributed by atoms with E-state index in [0.29, 0.717) is 4.90 Å². The van der Waals surface area contributed by atoms with Crippen LogP contribution in [-0.2, 0) is 0 Å². The molecule has 0 aliphatic rings. The van der Waals surface area contributed by atoms with Crippen molar-refractivity contribution in [2.75, 3.05) is 5.73 Å². The van der Waals surface area contributed by atoms with E-state index < -0.39 is 25.5 Å². The first-order chi connectivity index (χ1) is 12.0. The third kappa shape index (κ3) is 4.45. The van der Waals surface area contributed by atoms with Crippen molar-refractivity contribution in [1.82, 2.24) is 0 Å². The summed E-state index contributed by atoms with van der Waals surface area (Å²) in [5.41, 5.74) is 8.42. The molecule has 0 aromatic heterocycles. The van der Waals surface area contributed by atoms with Crippen LogP contribution in [0, 0.1) is 40.2 Å². The number of rotatable bonds is 2. The standard InChI is InChI=1S/C18H14BrF3N2SSi/c1-26(2,3)7-6-12-14(19)18(16(22)15(21)17(12)24)25-11-4-5-13(20)10(8-11)9-23/h4-5,8H,24H2,1-3H3. The van der Waals surface area contributed by atoms with Gasteiger partial charge in [0.2, 0.25) is 0 Å². The molecule has 2 aromatic rings. The predicted octanol–water partition coefficient (Wildman–Crippen LogP) is 5.70. The lowest BCUT2D eigenvalue weighted by Gasteiger charge is -2.13. The molecule has 2 aromatic carbocycles. The highest BCUT2D eigenvalue weighted by atomic mass is 79.9. The number of nitrogen functional groups attached to an aromatic ring is 1. The number of hydrogen-bond donors (Lipinski definition) is 1. The Morgan fingerprint density at radius 2 is 1.81 bits per heavy atom. The number of nitrogens with zero attached hydrogens (tertiary/aromatic N) is 1. The third-order valence-electron chi connectivity index (χ3n) is 3.16. The van der Waals surface area contributed by atoms with Crippen molar-refractivity contribution in [2.24, 2.45) is 0 Å². The Hall–Kier alpha value is -1.87. The zero-order valence-corrected chi connectivity index (χ0v) is 17.6. The molecular formula is C18H14BrF3N2SSi. The summed E-state index contributed by atoms with van der Waals surface area (Å²) in [6, 6.07) is 5.47. The van der Waals surface area contributed by atoms with E-state index in [1.54, 1.807) is 6.07 Å². The van der Waals surface area contributed by atoms with Crippen LogP contribution in [0.4, 0.5) is 18.9 Å². The van der Waals surface area contributed by atoms with E-state index in [4.69, 9.17) is 11.0 Å². The van der Waals surface area contributed by atoms with Gasteiger partial charge in [-0.25, -0.2) is 13.2 Å². The van der Waals surface area contributed by atoms with Crippen molar-refractivity contribution < 1.29 is 13.2 Å². The van der Waals surface area contributed by atoms with Gasteiger partial charge < -0.3 is 5.73 Å².